The summed E-state index contributed by atoms with van der Waals surface area (Å²) in [7, 11) is -16.6. The summed E-state index contributed by atoms with van der Waals surface area (Å²) in [5, 5.41) is 9.11. The lowest BCUT2D eigenvalue weighted by molar-refractivity contribution is -0.0447. The normalized spacial score (nSPS) is 29.3. The van der Waals surface area contributed by atoms with Crippen LogP contribution in [0.4, 0.5) is 5.82 Å². The number of rotatable bonds is 8. The lowest BCUT2D eigenvalue weighted by Crippen LogP contribution is -2.33. The van der Waals surface area contributed by atoms with Crippen LogP contribution in [0.3, 0.4) is 0 Å². The van der Waals surface area contributed by atoms with E-state index in [1.54, 1.807) is 0 Å². The molecule has 0 saturated carbocycles. The van der Waals surface area contributed by atoms with Crippen molar-refractivity contribution in [3.63, 3.8) is 0 Å². The molecule has 0 aliphatic carbocycles. The number of ether oxygens (including phenoxy) is 1. The first-order valence-electron chi connectivity index (χ1n) is 7.25. The molecule has 2 heterocycles. The van der Waals surface area contributed by atoms with E-state index in [0.29, 0.717) is 0 Å². The molecule has 1 aliphatic rings. The summed E-state index contributed by atoms with van der Waals surface area (Å²) in [4.78, 5) is 50.8. The molecule has 0 radical (unpaired) electrons. The van der Waals surface area contributed by atoms with Crippen molar-refractivity contribution in [1.82, 2.24) is 9.55 Å². The summed E-state index contributed by atoms with van der Waals surface area (Å²) in [5.41, 5.74) is 4.55. The summed E-state index contributed by atoms with van der Waals surface area (Å²) in [6, 6.07) is 1.27. The zero-order chi connectivity index (χ0) is 22.2. The molecule has 7 N–H and O–H groups in total. The minimum Gasteiger partial charge on any atom is -0.389 e. The Hall–Kier alpha value is -0.640. The van der Waals surface area contributed by atoms with Crippen molar-refractivity contribution in [2.75, 3.05) is 12.3 Å². The van der Waals surface area contributed by atoms with Crippen molar-refractivity contribution in [1.29, 1.82) is 0 Å². The van der Waals surface area contributed by atoms with Crippen LogP contribution >= 0.6 is 36.1 Å². The largest absolute Gasteiger partial charge is 0.490 e. The Morgan fingerprint density at radius 3 is 2.38 bits per heavy atom. The Bertz CT molecular complexity index is 951. The van der Waals surface area contributed by atoms with Crippen LogP contribution in [0.5, 0.6) is 0 Å². The second-order valence-electron chi connectivity index (χ2n) is 5.48. The average molecular weight is 499 g/mol. The zero-order valence-electron chi connectivity index (χ0n) is 13.9. The van der Waals surface area contributed by atoms with E-state index in [9.17, 15) is 28.5 Å². The van der Waals surface area contributed by atoms with Crippen molar-refractivity contribution < 1.29 is 56.3 Å². The molecule has 1 saturated heterocycles. The van der Waals surface area contributed by atoms with Crippen LogP contribution in [0, 0.1) is 0 Å². The highest BCUT2D eigenvalue weighted by Gasteiger charge is 2.46. The number of thiol groups is 1. The summed E-state index contributed by atoms with van der Waals surface area (Å²) in [5.74, 6) is -0.0651. The third-order valence-corrected chi connectivity index (χ3v) is 7.64. The minimum atomic E-state index is -5.68. The van der Waals surface area contributed by atoms with E-state index in [1.807, 2.05) is 0 Å². The lowest BCUT2D eigenvalue weighted by Gasteiger charge is -2.19. The molecule has 1 aromatic heterocycles. The Morgan fingerprint density at radius 1 is 1.21 bits per heavy atom. The molecule has 1 aliphatic heterocycles. The van der Waals surface area contributed by atoms with Gasteiger partial charge in [-0.3, -0.25) is 9.09 Å². The summed E-state index contributed by atoms with van der Waals surface area (Å²) in [6.45, 7) is -0.907. The van der Waals surface area contributed by atoms with Crippen molar-refractivity contribution in [2.45, 2.75) is 23.7 Å². The number of aromatic nitrogens is 2. The molecule has 6 atom stereocenters. The molecular formula is C9H16N3O13P3S. The lowest BCUT2D eigenvalue weighted by atomic mass is 10.2. The van der Waals surface area contributed by atoms with Crippen LogP contribution < -0.4 is 11.4 Å². The zero-order valence-corrected chi connectivity index (χ0v) is 17.5. The van der Waals surface area contributed by atoms with Gasteiger partial charge in [-0.2, -0.15) is 26.2 Å². The van der Waals surface area contributed by atoms with Gasteiger partial charge in [0.25, 0.3) is 0 Å². The standard InChI is InChI=1S/C9H16N3O13P3S/c10-5-1-2-12(9(14)11-5)8-7(29)6(13)4(23-8)3-22-27(18,19)25-28(20,21)24-26(15,16)17/h1-2,4,6-8,13,29H,3H2,(H,18,19)(H,20,21)(H2,10,11,14)(H2,15,16,17)/t4-,6-,7-,8-/m1/s1. The molecule has 2 unspecified atom stereocenters. The molecule has 1 aromatic rings. The maximum Gasteiger partial charge on any atom is 0.490 e. The highest BCUT2D eigenvalue weighted by Crippen LogP contribution is 2.66. The smallest absolute Gasteiger partial charge is 0.389 e. The third kappa shape index (κ3) is 6.94. The van der Waals surface area contributed by atoms with E-state index in [4.69, 9.17) is 25.2 Å². The van der Waals surface area contributed by atoms with Crippen LogP contribution in [-0.4, -0.2) is 58.3 Å². The number of hydrogen-bond donors (Lipinski definition) is 7. The topological polar surface area (TPSA) is 250 Å². The van der Waals surface area contributed by atoms with Crippen molar-refractivity contribution >= 4 is 41.9 Å². The number of nitrogen functional groups attached to an aromatic ring is 1. The van der Waals surface area contributed by atoms with Gasteiger partial charge in [0.05, 0.1) is 18.0 Å². The number of aliphatic hydroxyl groups is 1. The third-order valence-electron chi connectivity index (χ3n) is 3.28. The SMILES string of the molecule is Nc1ccn([C@@H]2O[C@H](COP(=O)(O)OP(=O)(O)OP(=O)(O)O)[C@@H](O)[C@H]2S)c(=O)n1. The molecule has 0 amide bonds. The molecular weight excluding hydrogens is 483 g/mol. The molecule has 0 bridgehead atoms. The van der Waals surface area contributed by atoms with Gasteiger partial charge in [0.2, 0.25) is 0 Å². The number of anilines is 1. The number of hydrogen-bond acceptors (Lipinski definition) is 12. The predicted octanol–water partition coefficient (Wildman–Crippen LogP) is -1.27. The molecule has 29 heavy (non-hydrogen) atoms. The monoisotopic (exact) mass is 499 g/mol. The fourth-order valence-corrected chi connectivity index (χ4v) is 5.62. The van der Waals surface area contributed by atoms with Crippen molar-refractivity contribution in [2.24, 2.45) is 0 Å². The Labute approximate surface area is 167 Å². The van der Waals surface area contributed by atoms with Crippen LogP contribution in [0.2, 0.25) is 0 Å². The van der Waals surface area contributed by atoms with Gasteiger partial charge in [-0.05, 0) is 6.07 Å². The molecule has 16 nitrogen and oxygen atoms in total. The second-order valence-corrected chi connectivity index (χ2v) is 10.5. The molecule has 2 rings (SSSR count). The molecule has 1 fully saturated rings. The van der Waals surface area contributed by atoms with Gasteiger partial charge in [-0.1, -0.05) is 0 Å². The molecule has 0 aromatic carbocycles. The first-order valence-corrected chi connectivity index (χ1v) is 12.3. The summed E-state index contributed by atoms with van der Waals surface area (Å²) < 4.78 is 51.4. The fraction of sp³-hybridized carbons (Fsp3) is 0.556. The molecule has 20 heteroatoms. The first kappa shape index (κ1) is 24.6. The van der Waals surface area contributed by atoms with E-state index < -0.39 is 59.5 Å². The van der Waals surface area contributed by atoms with Crippen LogP contribution in [0.25, 0.3) is 0 Å². The number of aliphatic hydroxyl groups excluding tert-OH is 1. The van der Waals surface area contributed by atoms with Gasteiger partial charge in [-0.15, -0.1) is 0 Å². The summed E-state index contributed by atoms with van der Waals surface area (Å²) in [6.07, 6.45) is -2.77. The highest BCUT2D eigenvalue weighted by atomic mass is 32.1. The first-order chi connectivity index (χ1) is 13.1. The van der Waals surface area contributed by atoms with Crippen LogP contribution in [-0.2, 0) is 31.6 Å². The van der Waals surface area contributed by atoms with Gasteiger partial charge in [0.1, 0.15) is 11.9 Å². The van der Waals surface area contributed by atoms with Gasteiger partial charge in [0.15, 0.2) is 6.23 Å². The quantitative estimate of drug-likeness (QED) is 0.163. The number of nitrogens with zero attached hydrogens (tertiary/aromatic N) is 2. The number of phosphoric acid groups is 3. The van der Waals surface area contributed by atoms with E-state index in [-0.39, 0.29) is 5.82 Å². The predicted molar refractivity (Wildman–Crippen MR) is 95.4 cm³/mol. The Balaban J connectivity index is 2.05. The van der Waals surface area contributed by atoms with E-state index in [1.165, 1.54) is 12.3 Å². The molecule has 0 spiro atoms. The number of nitrogens with two attached hydrogens (primary N) is 1. The van der Waals surface area contributed by atoms with Crippen LogP contribution in [0.15, 0.2) is 17.1 Å². The van der Waals surface area contributed by atoms with E-state index in [0.717, 1.165) is 4.57 Å². The maximum atomic E-state index is 11.9. The van der Waals surface area contributed by atoms with E-state index in [2.05, 4.69) is 30.8 Å². The highest BCUT2D eigenvalue weighted by molar-refractivity contribution is 7.81. The van der Waals surface area contributed by atoms with E-state index >= 15 is 0 Å². The van der Waals surface area contributed by atoms with Gasteiger partial charge >= 0.3 is 29.2 Å². The Kier molecular flexibility index (Phi) is 7.51. The molecule has 166 valence electrons. The van der Waals surface area contributed by atoms with Crippen molar-refractivity contribution in [3.05, 3.63) is 22.7 Å². The Morgan fingerprint density at radius 2 is 1.83 bits per heavy atom. The number of phosphoric ester groups is 1. The van der Waals surface area contributed by atoms with Gasteiger partial charge in [0, 0.05) is 6.20 Å². The van der Waals surface area contributed by atoms with Gasteiger partial charge < -0.3 is 35.2 Å². The van der Waals surface area contributed by atoms with Gasteiger partial charge in [-0.25, -0.2) is 18.5 Å². The van der Waals surface area contributed by atoms with Crippen LogP contribution in [0.1, 0.15) is 6.23 Å². The second kappa shape index (κ2) is 8.85. The summed E-state index contributed by atoms with van der Waals surface area (Å²) >= 11 is 4.10. The minimum absolute atomic E-state index is 0.0651. The fourth-order valence-electron chi connectivity index (χ4n) is 2.19. The average Bonchev–Trinajstić information content (AvgIpc) is 2.78. The van der Waals surface area contributed by atoms with Crippen molar-refractivity contribution in [3.8, 4) is 0 Å². The maximum absolute atomic E-state index is 11.9.